The van der Waals surface area contributed by atoms with Crippen molar-refractivity contribution in [1.29, 1.82) is 0 Å². The number of benzene rings is 1. The molecule has 2 atom stereocenters. The third-order valence-electron chi connectivity index (χ3n) is 3.32. The predicted molar refractivity (Wildman–Crippen MR) is 85.7 cm³/mol. The minimum atomic E-state index is -0.622. The minimum Gasteiger partial charge on any atom is -0.364 e. The van der Waals surface area contributed by atoms with E-state index in [2.05, 4.69) is 10.6 Å². The van der Waals surface area contributed by atoms with Crippen molar-refractivity contribution in [2.24, 2.45) is 11.5 Å². The van der Waals surface area contributed by atoms with Gasteiger partial charge in [-0.25, -0.2) is 4.79 Å². The van der Waals surface area contributed by atoms with Crippen LogP contribution < -0.4 is 22.1 Å². The SMILES string of the molecule is Cl.NC[C@H]1CC[C@@H](C(=O)NCc2cccc(NC(N)=O)c2)O1. The molecule has 1 aliphatic heterocycles. The van der Waals surface area contributed by atoms with Gasteiger partial charge < -0.3 is 26.8 Å². The average molecular weight is 329 g/mol. The van der Waals surface area contributed by atoms with Crippen molar-refractivity contribution >= 4 is 30.0 Å². The summed E-state index contributed by atoms with van der Waals surface area (Å²) < 4.78 is 5.53. The zero-order chi connectivity index (χ0) is 15.2. The Labute approximate surface area is 135 Å². The number of hydrogen-bond acceptors (Lipinski definition) is 4. The van der Waals surface area contributed by atoms with Crippen LogP contribution in [0.25, 0.3) is 0 Å². The van der Waals surface area contributed by atoms with Crippen molar-refractivity contribution in [2.75, 3.05) is 11.9 Å². The highest BCUT2D eigenvalue weighted by Crippen LogP contribution is 2.19. The molecule has 1 saturated heterocycles. The van der Waals surface area contributed by atoms with Crippen LogP contribution in [0.4, 0.5) is 10.5 Å². The molecule has 0 radical (unpaired) electrons. The molecule has 1 aromatic carbocycles. The summed E-state index contributed by atoms with van der Waals surface area (Å²) >= 11 is 0. The Morgan fingerprint density at radius 1 is 1.32 bits per heavy atom. The number of primary amides is 1. The van der Waals surface area contributed by atoms with Crippen LogP contribution >= 0.6 is 12.4 Å². The van der Waals surface area contributed by atoms with Gasteiger partial charge in [0.25, 0.3) is 0 Å². The lowest BCUT2D eigenvalue weighted by Crippen LogP contribution is -2.35. The molecule has 122 valence electrons. The molecule has 0 aromatic heterocycles. The number of nitrogens with two attached hydrogens (primary N) is 2. The van der Waals surface area contributed by atoms with Crippen molar-refractivity contribution < 1.29 is 14.3 Å². The zero-order valence-corrected chi connectivity index (χ0v) is 12.9. The molecule has 7 nitrogen and oxygen atoms in total. The Kier molecular flexibility index (Phi) is 7.10. The molecule has 1 fully saturated rings. The first-order valence-corrected chi connectivity index (χ1v) is 6.87. The molecule has 1 heterocycles. The molecule has 1 aromatic rings. The normalized spacial score (nSPS) is 20.0. The van der Waals surface area contributed by atoms with Crippen LogP contribution in [0.1, 0.15) is 18.4 Å². The molecule has 6 N–H and O–H groups in total. The van der Waals surface area contributed by atoms with Crippen molar-refractivity contribution in [3.05, 3.63) is 29.8 Å². The first-order chi connectivity index (χ1) is 10.1. The van der Waals surface area contributed by atoms with Crippen molar-refractivity contribution in [3.8, 4) is 0 Å². The summed E-state index contributed by atoms with van der Waals surface area (Å²) in [6.07, 6.45) is 1.05. The smallest absolute Gasteiger partial charge is 0.316 e. The van der Waals surface area contributed by atoms with Crippen LogP contribution in [0.15, 0.2) is 24.3 Å². The molecular weight excluding hydrogens is 308 g/mol. The molecule has 0 bridgehead atoms. The molecule has 8 heteroatoms. The van der Waals surface area contributed by atoms with Gasteiger partial charge in [0.05, 0.1) is 6.10 Å². The Morgan fingerprint density at radius 2 is 2.09 bits per heavy atom. The van der Waals surface area contributed by atoms with Gasteiger partial charge >= 0.3 is 6.03 Å². The first kappa shape index (κ1) is 18.2. The number of hydrogen-bond donors (Lipinski definition) is 4. The Bertz CT molecular complexity index is 527. The number of rotatable bonds is 5. The fourth-order valence-electron chi connectivity index (χ4n) is 2.28. The highest BCUT2D eigenvalue weighted by atomic mass is 35.5. The largest absolute Gasteiger partial charge is 0.364 e. The standard InChI is InChI=1S/C14H20N4O3.ClH/c15-7-11-4-5-12(21-11)13(19)17-8-9-2-1-3-10(6-9)18-14(16)20;/h1-3,6,11-12H,4-5,7-8,15H2,(H,17,19)(H3,16,18,20);1H/t11-,12+;/m1./s1. The third kappa shape index (κ3) is 5.18. The number of carbonyl (C=O) groups excluding carboxylic acids is 2. The number of urea groups is 1. The van der Waals surface area contributed by atoms with Crippen molar-refractivity contribution in [2.45, 2.75) is 31.6 Å². The van der Waals surface area contributed by atoms with Crippen LogP contribution in [0.5, 0.6) is 0 Å². The fourth-order valence-corrected chi connectivity index (χ4v) is 2.28. The second kappa shape index (κ2) is 8.57. The van der Waals surface area contributed by atoms with Gasteiger partial charge in [0.15, 0.2) is 0 Å². The average Bonchev–Trinajstić information content (AvgIpc) is 2.93. The molecule has 0 unspecified atom stereocenters. The summed E-state index contributed by atoms with van der Waals surface area (Å²) in [6.45, 7) is 0.797. The van der Waals surface area contributed by atoms with Gasteiger partial charge in [0.2, 0.25) is 5.91 Å². The van der Waals surface area contributed by atoms with E-state index in [0.29, 0.717) is 25.2 Å². The second-order valence-corrected chi connectivity index (χ2v) is 4.97. The summed E-state index contributed by atoms with van der Waals surface area (Å²) in [5.74, 6) is -0.140. The van der Waals surface area contributed by atoms with E-state index in [-0.39, 0.29) is 24.4 Å². The second-order valence-electron chi connectivity index (χ2n) is 4.97. The number of carbonyl (C=O) groups is 2. The van der Waals surface area contributed by atoms with Gasteiger partial charge in [-0.05, 0) is 30.5 Å². The maximum Gasteiger partial charge on any atom is 0.316 e. The van der Waals surface area contributed by atoms with Crippen molar-refractivity contribution in [1.82, 2.24) is 5.32 Å². The maximum atomic E-state index is 12.0. The van der Waals surface area contributed by atoms with Gasteiger partial charge in [-0.15, -0.1) is 12.4 Å². The van der Waals surface area contributed by atoms with Crippen LogP contribution in [0, 0.1) is 0 Å². The molecule has 3 amide bonds. The van der Waals surface area contributed by atoms with Crippen LogP contribution in [0.3, 0.4) is 0 Å². The lowest BCUT2D eigenvalue weighted by molar-refractivity contribution is -0.132. The number of amides is 3. The van der Waals surface area contributed by atoms with Crippen LogP contribution in [-0.4, -0.2) is 30.7 Å². The zero-order valence-electron chi connectivity index (χ0n) is 12.1. The van der Waals surface area contributed by atoms with Gasteiger partial charge in [-0.2, -0.15) is 0 Å². The Hall–Kier alpha value is -1.83. The summed E-state index contributed by atoms with van der Waals surface area (Å²) in [5, 5.41) is 5.31. The van der Waals surface area contributed by atoms with Gasteiger partial charge in [-0.3, -0.25) is 4.79 Å². The van der Waals surface area contributed by atoms with E-state index < -0.39 is 12.1 Å². The lowest BCUT2D eigenvalue weighted by Gasteiger charge is -2.13. The van der Waals surface area contributed by atoms with E-state index in [1.54, 1.807) is 18.2 Å². The van der Waals surface area contributed by atoms with E-state index in [4.69, 9.17) is 16.2 Å². The molecule has 0 aliphatic carbocycles. The molecule has 2 rings (SSSR count). The summed E-state index contributed by atoms with van der Waals surface area (Å²) in [5.41, 5.74) is 12.0. The number of ether oxygens (including phenoxy) is 1. The van der Waals surface area contributed by atoms with Gasteiger partial charge in [0.1, 0.15) is 6.10 Å². The van der Waals surface area contributed by atoms with E-state index in [9.17, 15) is 9.59 Å². The highest BCUT2D eigenvalue weighted by molar-refractivity contribution is 5.87. The van der Waals surface area contributed by atoms with E-state index in [0.717, 1.165) is 12.0 Å². The van der Waals surface area contributed by atoms with Crippen LogP contribution in [-0.2, 0) is 16.1 Å². The Balaban J connectivity index is 0.00000242. The van der Waals surface area contributed by atoms with Gasteiger partial charge in [-0.1, -0.05) is 12.1 Å². The van der Waals surface area contributed by atoms with E-state index in [1.807, 2.05) is 6.07 Å². The number of halogens is 1. The van der Waals surface area contributed by atoms with Gasteiger partial charge in [0, 0.05) is 18.8 Å². The Morgan fingerprint density at radius 3 is 2.73 bits per heavy atom. The predicted octanol–water partition coefficient (Wildman–Crippen LogP) is 0.721. The summed E-state index contributed by atoms with van der Waals surface area (Å²) in [4.78, 5) is 22.8. The fraction of sp³-hybridized carbons (Fsp3) is 0.429. The topological polar surface area (TPSA) is 119 Å². The highest BCUT2D eigenvalue weighted by Gasteiger charge is 2.29. The van der Waals surface area contributed by atoms with E-state index >= 15 is 0 Å². The minimum absolute atomic E-state index is 0. The van der Waals surface area contributed by atoms with E-state index in [1.165, 1.54) is 0 Å². The quantitative estimate of drug-likeness (QED) is 0.636. The molecule has 0 spiro atoms. The lowest BCUT2D eigenvalue weighted by atomic mass is 10.1. The van der Waals surface area contributed by atoms with Crippen molar-refractivity contribution in [3.63, 3.8) is 0 Å². The third-order valence-corrected chi connectivity index (χ3v) is 3.32. The molecule has 0 saturated carbocycles. The monoisotopic (exact) mass is 328 g/mol. The number of nitrogens with one attached hydrogen (secondary N) is 2. The summed E-state index contributed by atoms with van der Waals surface area (Å²) in [7, 11) is 0. The molecule has 22 heavy (non-hydrogen) atoms. The first-order valence-electron chi connectivity index (χ1n) is 6.87. The molecule has 1 aliphatic rings. The molecular formula is C14H21ClN4O3. The van der Waals surface area contributed by atoms with Crippen LogP contribution in [0.2, 0.25) is 0 Å². The maximum absolute atomic E-state index is 12.0. The number of anilines is 1. The summed E-state index contributed by atoms with van der Waals surface area (Å²) in [6, 6.07) is 6.49.